The van der Waals surface area contributed by atoms with E-state index in [4.69, 9.17) is 5.11 Å². The molecule has 3 unspecified atom stereocenters. The third kappa shape index (κ3) is 0.565. The van der Waals surface area contributed by atoms with E-state index in [1.807, 2.05) is 6.92 Å². The van der Waals surface area contributed by atoms with Crippen molar-refractivity contribution in [2.24, 2.45) is 11.8 Å². The summed E-state index contributed by atoms with van der Waals surface area (Å²) in [5.74, 6) is 0.412. The molecule has 0 aromatic heterocycles. The highest BCUT2D eigenvalue weighted by molar-refractivity contribution is 5.06. The first-order chi connectivity index (χ1) is 3.60. The van der Waals surface area contributed by atoms with Crippen molar-refractivity contribution in [3.8, 4) is 0 Å². The smallest absolute Gasteiger partial charge is 0.0703 e. The second-order valence-electron chi connectivity index (χ2n) is 2.80. The monoisotopic (exact) mass is 116 g/mol. The van der Waals surface area contributed by atoms with Crippen LogP contribution < -0.4 is 0 Å². The van der Waals surface area contributed by atoms with Gasteiger partial charge in [0.15, 0.2) is 0 Å². The van der Waals surface area contributed by atoms with Gasteiger partial charge in [-0.15, -0.1) is 0 Å². The van der Waals surface area contributed by atoms with Crippen LogP contribution in [0.2, 0.25) is 0 Å². The van der Waals surface area contributed by atoms with E-state index >= 15 is 0 Å². The molecule has 2 nitrogen and oxygen atoms in total. The van der Waals surface area contributed by atoms with Crippen LogP contribution in [0.5, 0.6) is 0 Å². The SMILES string of the molecule is CC1C(CO)C1(C)O. The molecule has 0 aromatic rings. The third-order valence-electron chi connectivity index (χ3n) is 2.36. The van der Waals surface area contributed by atoms with Gasteiger partial charge < -0.3 is 10.2 Å². The normalized spacial score (nSPS) is 54.0. The lowest BCUT2D eigenvalue weighted by Gasteiger charge is -1.96. The molecule has 0 heterocycles. The molecule has 8 heavy (non-hydrogen) atoms. The van der Waals surface area contributed by atoms with Crippen molar-refractivity contribution in [3.05, 3.63) is 0 Å². The number of aliphatic hydroxyl groups excluding tert-OH is 1. The highest BCUT2D eigenvalue weighted by Gasteiger charge is 2.56. The first-order valence-electron chi connectivity index (χ1n) is 2.94. The lowest BCUT2D eigenvalue weighted by atomic mass is 10.3. The van der Waals surface area contributed by atoms with Crippen molar-refractivity contribution in [2.45, 2.75) is 19.4 Å². The van der Waals surface area contributed by atoms with Crippen molar-refractivity contribution in [3.63, 3.8) is 0 Å². The van der Waals surface area contributed by atoms with Crippen molar-refractivity contribution in [2.75, 3.05) is 6.61 Å². The van der Waals surface area contributed by atoms with Gasteiger partial charge in [-0.3, -0.25) is 0 Å². The fourth-order valence-electron chi connectivity index (χ4n) is 1.16. The Morgan fingerprint density at radius 3 is 2.00 bits per heavy atom. The molecule has 1 aliphatic carbocycles. The maximum atomic E-state index is 9.20. The lowest BCUT2D eigenvalue weighted by molar-refractivity contribution is 0.124. The van der Waals surface area contributed by atoms with Crippen molar-refractivity contribution >= 4 is 0 Å². The highest BCUT2D eigenvalue weighted by atomic mass is 16.3. The second kappa shape index (κ2) is 1.45. The molecular formula is C6H12O2. The maximum absolute atomic E-state index is 9.20. The third-order valence-corrected chi connectivity index (χ3v) is 2.36. The predicted octanol–water partition coefficient (Wildman–Crippen LogP) is -0.00440. The summed E-state index contributed by atoms with van der Waals surface area (Å²) >= 11 is 0. The Kier molecular flexibility index (Phi) is 1.10. The Balaban J connectivity index is 2.45. The number of hydrogen-bond donors (Lipinski definition) is 2. The van der Waals surface area contributed by atoms with Gasteiger partial charge >= 0.3 is 0 Å². The van der Waals surface area contributed by atoms with E-state index in [0.717, 1.165) is 0 Å². The fraction of sp³-hybridized carbons (Fsp3) is 1.00. The van der Waals surface area contributed by atoms with Crippen LogP contribution in [-0.2, 0) is 0 Å². The summed E-state index contributed by atoms with van der Waals surface area (Å²) in [7, 11) is 0. The van der Waals surface area contributed by atoms with Gasteiger partial charge in [0, 0.05) is 12.5 Å². The summed E-state index contributed by atoms with van der Waals surface area (Å²) in [4.78, 5) is 0. The zero-order valence-corrected chi connectivity index (χ0v) is 5.26. The summed E-state index contributed by atoms with van der Waals surface area (Å²) in [5, 5.41) is 17.8. The van der Waals surface area contributed by atoms with Gasteiger partial charge in [0.1, 0.15) is 0 Å². The van der Waals surface area contributed by atoms with Gasteiger partial charge in [-0.1, -0.05) is 6.92 Å². The van der Waals surface area contributed by atoms with Crippen molar-refractivity contribution in [1.82, 2.24) is 0 Å². The zero-order chi connectivity index (χ0) is 6.36. The Morgan fingerprint density at radius 1 is 1.62 bits per heavy atom. The molecule has 1 fully saturated rings. The van der Waals surface area contributed by atoms with Crippen LogP contribution in [0.4, 0.5) is 0 Å². The molecule has 1 rings (SSSR count). The van der Waals surface area contributed by atoms with Crippen LogP contribution in [0.1, 0.15) is 13.8 Å². The molecule has 0 saturated heterocycles. The molecule has 2 N–H and O–H groups in total. The van der Waals surface area contributed by atoms with Crippen molar-refractivity contribution < 1.29 is 10.2 Å². The van der Waals surface area contributed by atoms with Gasteiger partial charge in [-0.2, -0.15) is 0 Å². The average molecular weight is 116 g/mol. The lowest BCUT2D eigenvalue weighted by Crippen LogP contribution is -2.06. The highest BCUT2D eigenvalue weighted by Crippen LogP contribution is 2.48. The van der Waals surface area contributed by atoms with E-state index in [1.165, 1.54) is 0 Å². The number of aliphatic hydroxyl groups is 2. The second-order valence-corrected chi connectivity index (χ2v) is 2.80. The topological polar surface area (TPSA) is 40.5 Å². The molecule has 1 saturated carbocycles. The van der Waals surface area contributed by atoms with E-state index in [-0.39, 0.29) is 18.4 Å². The Labute approximate surface area is 49.1 Å². The molecular weight excluding hydrogens is 104 g/mol. The van der Waals surface area contributed by atoms with Gasteiger partial charge in [0.2, 0.25) is 0 Å². The number of rotatable bonds is 1. The van der Waals surface area contributed by atoms with E-state index in [0.29, 0.717) is 0 Å². The summed E-state index contributed by atoms with van der Waals surface area (Å²) in [6.07, 6.45) is 0. The van der Waals surface area contributed by atoms with Crippen LogP contribution in [0, 0.1) is 11.8 Å². The fourth-order valence-corrected chi connectivity index (χ4v) is 1.16. The Bertz CT molecular complexity index is 98.7. The summed E-state index contributed by atoms with van der Waals surface area (Å²) in [5.41, 5.74) is -0.575. The van der Waals surface area contributed by atoms with Crippen LogP contribution >= 0.6 is 0 Å². The molecule has 48 valence electrons. The van der Waals surface area contributed by atoms with E-state index in [1.54, 1.807) is 6.92 Å². The predicted molar refractivity (Wildman–Crippen MR) is 30.4 cm³/mol. The summed E-state index contributed by atoms with van der Waals surface area (Å²) < 4.78 is 0. The molecule has 0 amide bonds. The Hall–Kier alpha value is -0.0800. The molecule has 0 bridgehead atoms. The molecule has 0 spiro atoms. The van der Waals surface area contributed by atoms with E-state index in [2.05, 4.69) is 0 Å². The summed E-state index contributed by atoms with van der Waals surface area (Å²) in [6.45, 7) is 3.83. The average Bonchev–Trinajstić information content (AvgIpc) is 2.09. The standard InChI is InChI=1S/C6H12O2/c1-4-5(3-7)6(4,2)8/h4-5,7-8H,3H2,1-2H3. The van der Waals surface area contributed by atoms with Crippen LogP contribution in [-0.4, -0.2) is 22.4 Å². The van der Waals surface area contributed by atoms with Crippen LogP contribution in [0.3, 0.4) is 0 Å². The van der Waals surface area contributed by atoms with E-state index in [9.17, 15) is 5.11 Å². The molecule has 2 heteroatoms. The number of hydrogen-bond acceptors (Lipinski definition) is 2. The molecule has 0 aromatic carbocycles. The molecule has 3 atom stereocenters. The van der Waals surface area contributed by atoms with Gasteiger partial charge in [0.25, 0.3) is 0 Å². The van der Waals surface area contributed by atoms with Crippen LogP contribution in [0.25, 0.3) is 0 Å². The molecule has 1 aliphatic rings. The van der Waals surface area contributed by atoms with Gasteiger partial charge in [0.05, 0.1) is 5.60 Å². The quantitative estimate of drug-likeness (QED) is 0.506. The first-order valence-corrected chi connectivity index (χ1v) is 2.94. The minimum atomic E-state index is -0.575. The first kappa shape index (κ1) is 6.05. The van der Waals surface area contributed by atoms with Gasteiger partial charge in [-0.05, 0) is 12.8 Å². The van der Waals surface area contributed by atoms with Crippen LogP contribution in [0.15, 0.2) is 0 Å². The van der Waals surface area contributed by atoms with E-state index < -0.39 is 5.60 Å². The minimum absolute atomic E-state index is 0.119. The summed E-state index contributed by atoms with van der Waals surface area (Å²) in [6, 6.07) is 0. The minimum Gasteiger partial charge on any atom is -0.396 e. The largest absolute Gasteiger partial charge is 0.396 e. The molecule has 0 radical (unpaired) electrons. The van der Waals surface area contributed by atoms with Crippen molar-refractivity contribution in [1.29, 1.82) is 0 Å². The Morgan fingerprint density at radius 2 is 2.00 bits per heavy atom. The zero-order valence-electron chi connectivity index (χ0n) is 5.26. The molecule has 0 aliphatic heterocycles. The van der Waals surface area contributed by atoms with Gasteiger partial charge in [-0.25, -0.2) is 0 Å². The maximum Gasteiger partial charge on any atom is 0.0703 e.